The molecule has 144 valence electrons. The van der Waals surface area contributed by atoms with Gasteiger partial charge in [0.1, 0.15) is 17.0 Å². The molecule has 0 unspecified atom stereocenters. The zero-order chi connectivity index (χ0) is 20.1. The van der Waals surface area contributed by atoms with Crippen LogP contribution in [0, 0.1) is 0 Å². The number of halogens is 1. The number of amides is 2. The molecule has 0 saturated heterocycles. The second-order valence-corrected chi connectivity index (χ2v) is 6.47. The lowest BCUT2D eigenvalue weighted by atomic mass is 10.1. The molecule has 1 aromatic carbocycles. The first kappa shape index (κ1) is 19.4. The van der Waals surface area contributed by atoms with Crippen LogP contribution in [0.3, 0.4) is 0 Å². The fourth-order valence-corrected chi connectivity index (χ4v) is 2.88. The largest absolute Gasteiger partial charge is 0.465 e. The van der Waals surface area contributed by atoms with Gasteiger partial charge >= 0.3 is 6.09 Å². The lowest BCUT2D eigenvalue weighted by Gasteiger charge is -2.16. The number of aryl methyl sites for hydroxylation is 1. The molecule has 28 heavy (non-hydrogen) atoms. The van der Waals surface area contributed by atoms with Crippen molar-refractivity contribution in [1.82, 2.24) is 20.1 Å². The van der Waals surface area contributed by atoms with Crippen LogP contribution in [0.4, 0.5) is 10.6 Å². The van der Waals surface area contributed by atoms with Crippen molar-refractivity contribution in [1.29, 1.82) is 0 Å². The maximum absolute atomic E-state index is 12.7. The van der Waals surface area contributed by atoms with Crippen LogP contribution < -0.4 is 10.6 Å². The summed E-state index contributed by atoms with van der Waals surface area (Å²) in [4.78, 5) is 27.7. The van der Waals surface area contributed by atoms with E-state index in [9.17, 15) is 9.59 Å². The zero-order valence-corrected chi connectivity index (χ0v) is 15.7. The number of carbonyl (C=O) groups excluding carboxylic acids is 1. The first-order valence-electron chi connectivity index (χ1n) is 8.42. The Balaban J connectivity index is 1.78. The minimum absolute atomic E-state index is 0.226. The highest BCUT2D eigenvalue weighted by Crippen LogP contribution is 2.23. The molecule has 0 spiro atoms. The lowest BCUT2D eigenvalue weighted by Crippen LogP contribution is -2.44. The molecule has 2 heterocycles. The van der Waals surface area contributed by atoms with Crippen LogP contribution in [0.15, 0.2) is 54.7 Å². The highest BCUT2D eigenvalue weighted by atomic mass is 35.5. The Morgan fingerprint density at radius 2 is 1.96 bits per heavy atom. The minimum atomic E-state index is -1.27. The van der Waals surface area contributed by atoms with Gasteiger partial charge in [0.05, 0.1) is 5.69 Å². The third-order valence-electron chi connectivity index (χ3n) is 4.05. The van der Waals surface area contributed by atoms with Crippen LogP contribution in [0.25, 0.3) is 11.3 Å². The number of benzene rings is 1. The minimum Gasteiger partial charge on any atom is -0.465 e. The van der Waals surface area contributed by atoms with E-state index in [1.807, 2.05) is 30.3 Å². The van der Waals surface area contributed by atoms with Gasteiger partial charge in [-0.3, -0.25) is 9.48 Å². The first-order valence-corrected chi connectivity index (χ1v) is 8.80. The van der Waals surface area contributed by atoms with Gasteiger partial charge in [-0.1, -0.05) is 41.9 Å². The molecule has 0 fully saturated rings. The van der Waals surface area contributed by atoms with Crippen molar-refractivity contribution < 1.29 is 14.7 Å². The van der Waals surface area contributed by atoms with Crippen LogP contribution in [0.2, 0.25) is 5.15 Å². The van der Waals surface area contributed by atoms with E-state index in [0.29, 0.717) is 16.7 Å². The van der Waals surface area contributed by atoms with E-state index in [1.165, 1.54) is 4.68 Å². The van der Waals surface area contributed by atoms with Gasteiger partial charge in [-0.2, -0.15) is 5.10 Å². The second-order valence-electron chi connectivity index (χ2n) is 6.09. The number of aromatic nitrogens is 3. The molecule has 0 saturated carbocycles. The lowest BCUT2D eigenvalue weighted by molar-refractivity contribution is -0.118. The molecule has 3 rings (SSSR count). The van der Waals surface area contributed by atoms with Gasteiger partial charge in [0.2, 0.25) is 5.91 Å². The summed E-state index contributed by atoms with van der Waals surface area (Å²) in [6.07, 6.45) is 0.522. The van der Waals surface area contributed by atoms with Crippen molar-refractivity contribution in [3.8, 4) is 11.3 Å². The van der Waals surface area contributed by atoms with E-state index >= 15 is 0 Å². The van der Waals surface area contributed by atoms with Crippen molar-refractivity contribution in [3.63, 3.8) is 0 Å². The summed E-state index contributed by atoms with van der Waals surface area (Å²) >= 11 is 5.91. The average molecular weight is 400 g/mol. The molecular formula is C19H18ClN5O3. The molecule has 2 amide bonds. The quantitative estimate of drug-likeness (QED) is 0.552. The summed E-state index contributed by atoms with van der Waals surface area (Å²) in [7, 11) is 1.68. The van der Waals surface area contributed by atoms with Crippen molar-refractivity contribution in [2.75, 3.05) is 5.32 Å². The Kier molecular flexibility index (Phi) is 5.90. The van der Waals surface area contributed by atoms with Gasteiger partial charge in [0, 0.05) is 31.3 Å². The summed E-state index contributed by atoms with van der Waals surface area (Å²) in [5, 5.41) is 18.8. The number of hydrogen-bond donors (Lipinski definition) is 3. The number of carboxylic acid groups (broad SMARTS) is 1. The molecule has 0 aliphatic rings. The Hall–Kier alpha value is -3.39. The number of hydrogen-bond acceptors (Lipinski definition) is 4. The number of nitrogens with zero attached hydrogens (tertiary/aromatic N) is 3. The van der Waals surface area contributed by atoms with Gasteiger partial charge in [0.25, 0.3) is 0 Å². The predicted molar refractivity (Wildman–Crippen MR) is 105 cm³/mol. The maximum atomic E-state index is 12.7. The molecule has 2 aromatic heterocycles. The van der Waals surface area contributed by atoms with Crippen LogP contribution >= 0.6 is 11.6 Å². The van der Waals surface area contributed by atoms with E-state index in [0.717, 1.165) is 11.1 Å². The molecule has 0 bridgehead atoms. The van der Waals surface area contributed by atoms with E-state index < -0.39 is 18.0 Å². The molecule has 8 nitrogen and oxygen atoms in total. The number of nitrogens with one attached hydrogen (secondary N) is 2. The van der Waals surface area contributed by atoms with Crippen LogP contribution in [0.1, 0.15) is 5.56 Å². The number of rotatable bonds is 6. The zero-order valence-electron chi connectivity index (χ0n) is 15.0. The summed E-state index contributed by atoms with van der Waals surface area (Å²) < 4.78 is 1.50. The smallest absolute Gasteiger partial charge is 0.405 e. The third kappa shape index (κ3) is 4.86. The molecule has 9 heteroatoms. The highest BCUT2D eigenvalue weighted by molar-refractivity contribution is 6.29. The molecular weight excluding hydrogens is 382 g/mol. The Morgan fingerprint density at radius 3 is 2.64 bits per heavy atom. The molecule has 1 atom stereocenters. The molecule has 0 aliphatic heterocycles. The van der Waals surface area contributed by atoms with Gasteiger partial charge in [0.15, 0.2) is 0 Å². The highest BCUT2D eigenvalue weighted by Gasteiger charge is 2.22. The standard InChI is InChI=1S/C19H18ClN5O3/c1-25-17(11-14(24-25)13-7-8-21-16(20)10-13)23-18(26)15(22-19(27)28)9-12-5-3-2-4-6-12/h2-8,10-11,15,22H,9H2,1H3,(H,23,26)(H,27,28)/t15-/m0/s1. The predicted octanol–water partition coefficient (Wildman–Crippen LogP) is 2.95. The molecule has 0 aliphatic carbocycles. The molecule has 3 aromatic rings. The topological polar surface area (TPSA) is 109 Å². The van der Waals surface area contributed by atoms with Crippen molar-refractivity contribution in [2.45, 2.75) is 12.5 Å². The Labute approximate surface area is 166 Å². The summed E-state index contributed by atoms with van der Waals surface area (Å²) in [6.45, 7) is 0. The SMILES string of the molecule is Cn1nc(-c2ccnc(Cl)c2)cc1NC(=O)[C@H](Cc1ccccc1)NC(=O)O. The van der Waals surface area contributed by atoms with Gasteiger partial charge < -0.3 is 15.7 Å². The summed E-state index contributed by atoms with van der Waals surface area (Å²) in [5.41, 5.74) is 2.20. The second kappa shape index (κ2) is 8.53. The maximum Gasteiger partial charge on any atom is 0.405 e. The molecule has 0 radical (unpaired) electrons. The Bertz CT molecular complexity index is 990. The fraction of sp³-hybridized carbons (Fsp3) is 0.158. The van der Waals surface area contributed by atoms with Crippen molar-refractivity contribution in [2.24, 2.45) is 7.05 Å². The van der Waals surface area contributed by atoms with E-state index in [4.69, 9.17) is 16.7 Å². The fourth-order valence-electron chi connectivity index (χ4n) is 2.71. The monoisotopic (exact) mass is 399 g/mol. The van der Waals surface area contributed by atoms with Gasteiger partial charge in [-0.25, -0.2) is 9.78 Å². The number of carbonyl (C=O) groups is 2. The van der Waals surface area contributed by atoms with Crippen LogP contribution in [-0.4, -0.2) is 37.9 Å². The van der Waals surface area contributed by atoms with E-state index in [-0.39, 0.29) is 6.42 Å². The van der Waals surface area contributed by atoms with E-state index in [2.05, 4.69) is 20.7 Å². The van der Waals surface area contributed by atoms with Crippen molar-refractivity contribution in [3.05, 3.63) is 65.4 Å². The third-order valence-corrected chi connectivity index (χ3v) is 4.26. The van der Waals surface area contributed by atoms with Gasteiger partial charge in [-0.15, -0.1) is 0 Å². The normalized spacial score (nSPS) is 11.6. The van der Waals surface area contributed by atoms with E-state index in [1.54, 1.807) is 31.4 Å². The summed E-state index contributed by atoms with van der Waals surface area (Å²) in [6, 6.07) is 13.3. The first-order chi connectivity index (χ1) is 13.4. The van der Waals surface area contributed by atoms with Crippen LogP contribution in [0.5, 0.6) is 0 Å². The van der Waals surface area contributed by atoms with Crippen LogP contribution in [-0.2, 0) is 18.3 Å². The number of pyridine rings is 1. The Morgan fingerprint density at radius 1 is 1.21 bits per heavy atom. The van der Waals surface area contributed by atoms with Crippen molar-refractivity contribution >= 4 is 29.4 Å². The molecule has 3 N–H and O–H groups in total. The summed E-state index contributed by atoms with van der Waals surface area (Å²) in [5.74, 6) is -0.0493. The average Bonchev–Trinajstić information content (AvgIpc) is 3.02. The van der Waals surface area contributed by atoms with Gasteiger partial charge in [-0.05, 0) is 17.7 Å². The number of anilines is 1.